The Morgan fingerprint density at radius 2 is 2.05 bits per heavy atom. The number of rotatable bonds is 4. The zero-order valence-corrected chi connectivity index (χ0v) is 13.7. The van der Waals surface area contributed by atoms with Gasteiger partial charge in [-0.3, -0.25) is 4.79 Å². The quantitative estimate of drug-likeness (QED) is 0.797. The highest BCUT2D eigenvalue weighted by atomic mass is 32.2. The van der Waals surface area contributed by atoms with E-state index in [4.69, 9.17) is 0 Å². The van der Waals surface area contributed by atoms with Crippen LogP contribution in [0.3, 0.4) is 0 Å². The molecule has 0 bridgehead atoms. The molecule has 1 atom stereocenters. The van der Waals surface area contributed by atoms with E-state index in [9.17, 15) is 4.79 Å². The van der Waals surface area contributed by atoms with Gasteiger partial charge in [0, 0.05) is 30.6 Å². The molecule has 1 aliphatic rings. The third-order valence-corrected chi connectivity index (χ3v) is 4.79. The Morgan fingerprint density at radius 3 is 2.55 bits per heavy atom. The maximum Gasteiger partial charge on any atom is 0.253 e. The van der Waals surface area contributed by atoms with Gasteiger partial charge in [0.05, 0.1) is 0 Å². The first-order valence-electron chi connectivity index (χ1n) is 7.02. The van der Waals surface area contributed by atoms with Crippen LogP contribution in [-0.4, -0.2) is 55.7 Å². The molecule has 20 heavy (non-hydrogen) atoms. The van der Waals surface area contributed by atoms with Crippen molar-refractivity contribution in [1.29, 1.82) is 0 Å². The minimum atomic E-state index is 0.119. The Labute approximate surface area is 126 Å². The summed E-state index contributed by atoms with van der Waals surface area (Å²) in [5.74, 6) is 0.119. The first-order valence-corrected chi connectivity index (χ1v) is 8.24. The first kappa shape index (κ1) is 15.4. The Bertz CT molecular complexity index is 474. The van der Waals surface area contributed by atoms with Crippen molar-refractivity contribution in [3.05, 3.63) is 29.8 Å². The summed E-state index contributed by atoms with van der Waals surface area (Å²) in [6.07, 6.45) is 3.20. The second-order valence-corrected chi connectivity index (χ2v) is 7.07. The molecule has 1 aromatic rings. The van der Waals surface area contributed by atoms with Crippen molar-refractivity contribution in [3.63, 3.8) is 0 Å². The normalized spacial score (nSPS) is 23.0. The number of thioether (sulfide) groups is 1. The lowest BCUT2D eigenvalue weighted by molar-refractivity contribution is 0.0730. The second kappa shape index (κ2) is 6.19. The predicted molar refractivity (Wildman–Crippen MR) is 85.4 cm³/mol. The Kier molecular flexibility index (Phi) is 4.76. The lowest BCUT2D eigenvalue weighted by atomic mass is 9.89. The summed E-state index contributed by atoms with van der Waals surface area (Å²) in [7, 11) is 4.06. The zero-order chi connectivity index (χ0) is 14.8. The standard InChI is InChI=1S/C16H24N2OS/c1-16(9-10-17(2)11-16)12-18(3)15(19)13-5-7-14(20-4)8-6-13/h5-8H,9-12H2,1-4H3/t16-/m1/s1. The van der Waals surface area contributed by atoms with Crippen LogP contribution in [0.1, 0.15) is 23.7 Å². The average Bonchev–Trinajstić information content (AvgIpc) is 2.77. The lowest BCUT2D eigenvalue weighted by Gasteiger charge is -2.30. The summed E-state index contributed by atoms with van der Waals surface area (Å²) in [6.45, 7) is 5.29. The van der Waals surface area contributed by atoms with Gasteiger partial charge in [-0.1, -0.05) is 6.92 Å². The highest BCUT2D eigenvalue weighted by molar-refractivity contribution is 7.98. The minimum absolute atomic E-state index is 0.119. The molecule has 0 radical (unpaired) electrons. The number of nitrogens with zero attached hydrogens (tertiary/aromatic N) is 2. The van der Waals surface area contributed by atoms with E-state index in [2.05, 4.69) is 18.9 Å². The highest BCUT2D eigenvalue weighted by Crippen LogP contribution is 2.30. The molecular weight excluding hydrogens is 268 g/mol. The summed E-state index contributed by atoms with van der Waals surface area (Å²) in [6, 6.07) is 7.87. The molecule has 0 aliphatic carbocycles. The molecule has 0 spiro atoms. The number of benzene rings is 1. The summed E-state index contributed by atoms with van der Waals surface area (Å²) >= 11 is 1.69. The van der Waals surface area contributed by atoms with E-state index >= 15 is 0 Å². The lowest BCUT2D eigenvalue weighted by Crippen LogP contribution is -2.38. The van der Waals surface area contributed by atoms with Crippen LogP contribution in [0.15, 0.2) is 29.2 Å². The van der Waals surface area contributed by atoms with Crippen molar-refractivity contribution in [2.24, 2.45) is 5.41 Å². The van der Waals surface area contributed by atoms with E-state index in [0.717, 1.165) is 31.6 Å². The van der Waals surface area contributed by atoms with Crippen LogP contribution >= 0.6 is 11.8 Å². The highest BCUT2D eigenvalue weighted by Gasteiger charge is 2.34. The van der Waals surface area contributed by atoms with Crippen LogP contribution in [-0.2, 0) is 0 Å². The molecule has 0 N–H and O–H groups in total. The van der Waals surface area contributed by atoms with Gasteiger partial charge in [0.1, 0.15) is 0 Å². The molecule has 1 aliphatic heterocycles. The second-order valence-electron chi connectivity index (χ2n) is 6.19. The predicted octanol–water partition coefficient (Wildman–Crippen LogP) is 2.82. The van der Waals surface area contributed by atoms with Crippen LogP contribution in [0.4, 0.5) is 0 Å². The van der Waals surface area contributed by atoms with E-state index in [-0.39, 0.29) is 11.3 Å². The molecule has 0 saturated carbocycles. The van der Waals surface area contributed by atoms with Crippen LogP contribution in [0, 0.1) is 5.41 Å². The third kappa shape index (κ3) is 3.55. The zero-order valence-electron chi connectivity index (χ0n) is 12.8. The molecular formula is C16H24N2OS. The molecule has 1 saturated heterocycles. The number of hydrogen-bond acceptors (Lipinski definition) is 3. The van der Waals surface area contributed by atoms with Crippen molar-refractivity contribution in [1.82, 2.24) is 9.80 Å². The SMILES string of the molecule is CSc1ccc(C(=O)N(C)C[C@]2(C)CCN(C)C2)cc1. The monoisotopic (exact) mass is 292 g/mol. The van der Waals surface area contributed by atoms with Gasteiger partial charge in [-0.25, -0.2) is 0 Å². The molecule has 1 aromatic carbocycles. The van der Waals surface area contributed by atoms with Crippen LogP contribution in [0.5, 0.6) is 0 Å². The molecule has 3 nitrogen and oxygen atoms in total. The maximum absolute atomic E-state index is 12.5. The van der Waals surface area contributed by atoms with E-state index < -0.39 is 0 Å². The van der Waals surface area contributed by atoms with Crippen LogP contribution < -0.4 is 0 Å². The molecule has 1 amide bonds. The summed E-state index contributed by atoms with van der Waals surface area (Å²) in [5, 5.41) is 0. The Balaban J connectivity index is 2.01. The summed E-state index contributed by atoms with van der Waals surface area (Å²) in [5.41, 5.74) is 0.999. The van der Waals surface area contributed by atoms with Gasteiger partial charge < -0.3 is 9.80 Å². The first-order chi connectivity index (χ1) is 9.43. The van der Waals surface area contributed by atoms with E-state index in [1.54, 1.807) is 11.8 Å². The Hall–Kier alpha value is -1.00. The third-order valence-electron chi connectivity index (χ3n) is 4.05. The van der Waals surface area contributed by atoms with Crippen molar-refractivity contribution < 1.29 is 4.79 Å². The van der Waals surface area contributed by atoms with Crippen molar-refractivity contribution in [2.45, 2.75) is 18.2 Å². The molecule has 1 heterocycles. The largest absolute Gasteiger partial charge is 0.341 e. The van der Waals surface area contributed by atoms with Gasteiger partial charge in [-0.15, -0.1) is 11.8 Å². The van der Waals surface area contributed by atoms with Gasteiger partial charge in [-0.05, 0) is 55.9 Å². The molecule has 4 heteroatoms. The van der Waals surface area contributed by atoms with Gasteiger partial charge in [0.2, 0.25) is 0 Å². The Morgan fingerprint density at radius 1 is 1.40 bits per heavy atom. The number of hydrogen-bond donors (Lipinski definition) is 0. The summed E-state index contributed by atoms with van der Waals surface area (Å²) in [4.78, 5) is 17.9. The van der Waals surface area contributed by atoms with Crippen molar-refractivity contribution in [2.75, 3.05) is 40.0 Å². The van der Waals surface area contributed by atoms with E-state index in [0.29, 0.717) is 0 Å². The van der Waals surface area contributed by atoms with Gasteiger partial charge in [-0.2, -0.15) is 0 Å². The molecule has 0 unspecified atom stereocenters. The fourth-order valence-electron chi connectivity index (χ4n) is 3.00. The van der Waals surface area contributed by atoms with Crippen molar-refractivity contribution in [3.8, 4) is 0 Å². The van der Waals surface area contributed by atoms with E-state index in [1.807, 2.05) is 42.5 Å². The molecule has 0 aromatic heterocycles. The molecule has 110 valence electrons. The summed E-state index contributed by atoms with van der Waals surface area (Å²) < 4.78 is 0. The van der Waals surface area contributed by atoms with Gasteiger partial charge >= 0.3 is 0 Å². The van der Waals surface area contributed by atoms with Gasteiger partial charge in [0.15, 0.2) is 0 Å². The van der Waals surface area contributed by atoms with E-state index in [1.165, 1.54) is 4.90 Å². The number of carbonyl (C=O) groups excluding carboxylic acids is 1. The fraction of sp³-hybridized carbons (Fsp3) is 0.562. The number of likely N-dealkylation sites (tertiary alicyclic amines) is 1. The number of amides is 1. The minimum Gasteiger partial charge on any atom is -0.341 e. The topological polar surface area (TPSA) is 23.6 Å². The smallest absolute Gasteiger partial charge is 0.253 e. The average molecular weight is 292 g/mol. The van der Waals surface area contributed by atoms with Crippen LogP contribution in [0.2, 0.25) is 0 Å². The van der Waals surface area contributed by atoms with Crippen molar-refractivity contribution >= 4 is 17.7 Å². The van der Waals surface area contributed by atoms with Gasteiger partial charge in [0.25, 0.3) is 5.91 Å². The molecule has 1 fully saturated rings. The maximum atomic E-state index is 12.5. The van der Waals surface area contributed by atoms with Crippen LogP contribution in [0.25, 0.3) is 0 Å². The molecule has 2 rings (SSSR count). The number of carbonyl (C=O) groups is 1. The fourth-order valence-corrected chi connectivity index (χ4v) is 3.41.